The largest absolute Gasteiger partial charge is 0.298 e. The molecule has 2 saturated heterocycles. The van der Waals surface area contributed by atoms with Gasteiger partial charge in [0.1, 0.15) is 0 Å². The van der Waals surface area contributed by atoms with Gasteiger partial charge in [-0.2, -0.15) is 0 Å². The van der Waals surface area contributed by atoms with Gasteiger partial charge in [-0.15, -0.1) is 0 Å². The van der Waals surface area contributed by atoms with E-state index < -0.39 is 0 Å². The Balaban J connectivity index is 1.82. The summed E-state index contributed by atoms with van der Waals surface area (Å²) in [5.74, 6) is 0.0851. The molecule has 2 atom stereocenters. The second-order valence-corrected chi connectivity index (χ2v) is 5.85. The second kappa shape index (κ2) is 4.35. The summed E-state index contributed by atoms with van der Waals surface area (Å²) in [7, 11) is 0. The number of fused-ring (bicyclic) bond motifs is 2. The molecule has 0 aromatic heterocycles. The molecule has 0 radical (unpaired) electrons. The second-order valence-electron chi connectivity index (χ2n) is 5.85. The van der Waals surface area contributed by atoms with Crippen LogP contribution in [0.5, 0.6) is 0 Å². The van der Waals surface area contributed by atoms with Crippen LogP contribution in [0.1, 0.15) is 31.4 Å². The predicted octanol–water partition coefficient (Wildman–Crippen LogP) is 1.83. The lowest BCUT2D eigenvalue weighted by atomic mass is 9.86. The lowest BCUT2D eigenvalue weighted by Crippen LogP contribution is -2.48. The van der Waals surface area contributed by atoms with Gasteiger partial charge in [-0.1, -0.05) is 30.3 Å². The molecule has 0 aliphatic carbocycles. The zero-order valence-corrected chi connectivity index (χ0v) is 11.7. The van der Waals surface area contributed by atoms with Crippen LogP contribution in [0.15, 0.2) is 41.6 Å². The van der Waals surface area contributed by atoms with E-state index in [-0.39, 0.29) is 11.9 Å². The summed E-state index contributed by atoms with van der Waals surface area (Å²) in [5.41, 5.74) is 7.41. The van der Waals surface area contributed by atoms with Crippen molar-refractivity contribution in [2.75, 3.05) is 13.1 Å². The predicted molar refractivity (Wildman–Crippen MR) is 76.5 cm³/mol. The van der Waals surface area contributed by atoms with Crippen molar-refractivity contribution in [3.63, 3.8) is 0 Å². The fraction of sp³-hybridized carbons (Fsp3) is 0.438. The van der Waals surface area contributed by atoms with E-state index in [4.69, 9.17) is 0 Å². The molecule has 1 aromatic carbocycles. The van der Waals surface area contributed by atoms with Crippen molar-refractivity contribution in [2.45, 2.75) is 31.8 Å². The Morgan fingerprint density at radius 2 is 1.85 bits per heavy atom. The van der Waals surface area contributed by atoms with Crippen LogP contribution >= 0.6 is 0 Å². The minimum absolute atomic E-state index is 0.0851. The third-order valence-corrected chi connectivity index (χ3v) is 4.77. The van der Waals surface area contributed by atoms with Crippen molar-refractivity contribution in [1.82, 2.24) is 15.3 Å². The summed E-state index contributed by atoms with van der Waals surface area (Å²) in [4.78, 5) is 14.6. The van der Waals surface area contributed by atoms with Crippen molar-refractivity contribution in [2.24, 2.45) is 0 Å². The molecule has 4 aliphatic rings. The van der Waals surface area contributed by atoms with Crippen molar-refractivity contribution in [3.8, 4) is 0 Å². The van der Waals surface area contributed by atoms with Gasteiger partial charge >= 0.3 is 0 Å². The first-order valence-corrected chi connectivity index (χ1v) is 7.33. The van der Waals surface area contributed by atoms with Gasteiger partial charge in [0.05, 0.1) is 17.8 Å². The number of nitrogens with one attached hydrogen (secondary N) is 1. The molecule has 2 bridgehead atoms. The number of nitrogens with zero attached hydrogens (tertiary/aromatic N) is 2. The number of benzene rings is 1. The lowest BCUT2D eigenvalue weighted by Gasteiger charge is -2.42. The molecule has 4 nitrogen and oxygen atoms in total. The summed E-state index contributed by atoms with van der Waals surface area (Å²) in [6.07, 6.45) is 2.29. The quantitative estimate of drug-likeness (QED) is 0.845. The first-order chi connectivity index (χ1) is 9.75. The number of carbonyl (C=O) groups is 1. The maximum Gasteiger partial charge on any atom is 0.238 e. The number of hydrogen-bond donors (Lipinski definition) is 1. The number of piperidine rings is 1. The van der Waals surface area contributed by atoms with Crippen LogP contribution in [-0.4, -0.2) is 34.9 Å². The molecule has 0 saturated carbocycles. The Kier molecular flexibility index (Phi) is 2.60. The summed E-state index contributed by atoms with van der Waals surface area (Å²) in [6, 6.07) is 10.8. The first-order valence-electron chi connectivity index (χ1n) is 7.33. The number of amides is 1. The lowest BCUT2D eigenvalue weighted by molar-refractivity contribution is -0.133. The highest BCUT2D eigenvalue weighted by molar-refractivity contribution is 5.74. The van der Waals surface area contributed by atoms with E-state index in [1.807, 2.05) is 11.1 Å². The van der Waals surface area contributed by atoms with E-state index in [0.29, 0.717) is 6.04 Å². The molecular weight excluding hydrogens is 250 g/mol. The SMILES string of the molecule is CC(=O)N1NC2=C3CCN(CC3)C2C1c1ccccc1. The van der Waals surface area contributed by atoms with Gasteiger partial charge in [-0.05, 0) is 24.0 Å². The summed E-state index contributed by atoms with van der Waals surface area (Å²) in [5, 5.41) is 1.82. The van der Waals surface area contributed by atoms with Crippen molar-refractivity contribution in [3.05, 3.63) is 47.2 Å². The standard InChI is InChI=1S/C16H19N3O/c1-11(20)19-15(13-5-3-2-4-6-13)16-14(17-19)12-7-9-18(16)10-8-12/h2-6,15-17H,7-10H2,1H3. The molecule has 5 rings (SSSR count). The summed E-state index contributed by atoms with van der Waals surface area (Å²) >= 11 is 0. The molecule has 104 valence electrons. The van der Waals surface area contributed by atoms with E-state index in [0.717, 1.165) is 25.9 Å². The van der Waals surface area contributed by atoms with Gasteiger partial charge in [-0.3, -0.25) is 15.1 Å². The normalized spacial score (nSPS) is 31.2. The number of hydrogen-bond acceptors (Lipinski definition) is 3. The van der Waals surface area contributed by atoms with Crippen LogP contribution < -0.4 is 5.43 Å². The van der Waals surface area contributed by atoms with Crippen LogP contribution in [0, 0.1) is 0 Å². The minimum Gasteiger partial charge on any atom is -0.298 e. The fourth-order valence-electron chi connectivity index (χ4n) is 3.83. The highest BCUT2D eigenvalue weighted by atomic mass is 16.2. The van der Waals surface area contributed by atoms with Crippen LogP contribution in [0.3, 0.4) is 0 Å². The van der Waals surface area contributed by atoms with Crippen molar-refractivity contribution < 1.29 is 4.79 Å². The average molecular weight is 269 g/mol. The van der Waals surface area contributed by atoms with Crippen LogP contribution in [0.25, 0.3) is 0 Å². The third-order valence-electron chi connectivity index (χ3n) is 4.77. The molecule has 4 heteroatoms. The molecule has 4 aliphatic heterocycles. The maximum atomic E-state index is 12.0. The van der Waals surface area contributed by atoms with Gasteiger partial charge in [0.15, 0.2) is 0 Å². The van der Waals surface area contributed by atoms with Crippen LogP contribution in [0.2, 0.25) is 0 Å². The van der Waals surface area contributed by atoms with Gasteiger partial charge in [-0.25, -0.2) is 5.01 Å². The van der Waals surface area contributed by atoms with Gasteiger partial charge in [0.25, 0.3) is 0 Å². The zero-order valence-electron chi connectivity index (χ0n) is 11.7. The number of carbonyl (C=O) groups excluding carboxylic acids is 1. The molecular formula is C16H19N3O. The van der Waals surface area contributed by atoms with Crippen molar-refractivity contribution in [1.29, 1.82) is 0 Å². The van der Waals surface area contributed by atoms with E-state index in [1.54, 1.807) is 6.92 Å². The van der Waals surface area contributed by atoms with Crippen LogP contribution in [-0.2, 0) is 4.79 Å². The van der Waals surface area contributed by atoms with Gasteiger partial charge in [0.2, 0.25) is 5.91 Å². The Labute approximate surface area is 119 Å². The smallest absolute Gasteiger partial charge is 0.238 e. The molecule has 20 heavy (non-hydrogen) atoms. The van der Waals surface area contributed by atoms with E-state index in [2.05, 4.69) is 34.6 Å². The Morgan fingerprint density at radius 1 is 1.15 bits per heavy atom. The Bertz CT molecular complexity index is 571. The van der Waals surface area contributed by atoms with Crippen LogP contribution in [0.4, 0.5) is 0 Å². The molecule has 2 unspecified atom stereocenters. The van der Waals surface area contributed by atoms with Gasteiger partial charge < -0.3 is 0 Å². The molecule has 1 amide bonds. The fourth-order valence-corrected chi connectivity index (χ4v) is 3.83. The molecule has 2 fully saturated rings. The van der Waals surface area contributed by atoms with E-state index in [1.165, 1.54) is 16.8 Å². The average Bonchev–Trinajstić information content (AvgIpc) is 2.92. The van der Waals surface area contributed by atoms with E-state index >= 15 is 0 Å². The maximum absolute atomic E-state index is 12.0. The molecule has 0 spiro atoms. The Hall–Kier alpha value is -1.81. The zero-order chi connectivity index (χ0) is 13.7. The van der Waals surface area contributed by atoms with Crippen molar-refractivity contribution >= 4 is 5.91 Å². The number of hydrazine groups is 1. The monoisotopic (exact) mass is 269 g/mol. The Morgan fingerprint density at radius 3 is 2.50 bits per heavy atom. The highest BCUT2D eigenvalue weighted by Gasteiger charge is 2.48. The van der Waals surface area contributed by atoms with Gasteiger partial charge in [0, 0.05) is 20.0 Å². The summed E-state index contributed by atoms with van der Waals surface area (Å²) in [6.45, 7) is 3.89. The minimum atomic E-state index is 0.0851. The molecule has 1 aromatic rings. The molecule has 4 heterocycles. The third kappa shape index (κ3) is 1.61. The van der Waals surface area contributed by atoms with E-state index in [9.17, 15) is 4.79 Å². The first kappa shape index (κ1) is 12.0. The highest BCUT2D eigenvalue weighted by Crippen LogP contribution is 2.43. The number of rotatable bonds is 1. The molecule has 1 N–H and O–H groups in total. The topological polar surface area (TPSA) is 35.6 Å². The summed E-state index contributed by atoms with van der Waals surface area (Å²) < 4.78 is 0.